The molecule has 0 saturated carbocycles. The van der Waals surface area contributed by atoms with Crippen LogP contribution in [0.1, 0.15) is 17.4 Å². The third-order valence-electron chi connectivity index (χ3n) is 1.66. The lowest BCUT2D eigenvalue weighted by Crippen LogP contribution is -2.31. The van der Waals surface area contributed by atoms with E-state index in [9.17, 15) is 4.79 Å². The van der Waals surface area contributed by atoms with Crippen LogP contribution in [0.4, 0.5) is 0 Å². The third-order valence-corrected chi connectivity index (χ3v) is 1.87. The van der Waals surface area contributed by atoms with Crippen LogP contribution in [0.25, 0.3) is 0 Å². The molecular weight excluding hydrogens is 200 g/mol. The van der Waals surface area contributed by atoms with E-state index >= 15 is 0 Å². The van der Waals surface area contributed by atoms with E-state index < -0.39 is 0 Å². The first-order valence-corrected chi connectivity index (χ1v) is 4.57. The Morgan fingerprint density at radius 1 is 1.71 bits per heavy atom. The van der Waals surface area contributed by atoms with Crippen LogP contribution < -0.4 is 5.32 Å². The standard InChI is InChI=1S/C10H11ClN2O/c1-3-7(2)12-10(14)8-5-4-6-9(11)13-8/h3-7H,1H2,2H3,(H,12,14). The van der Waals surface area contributed by atoms with Crippen molar-refractivity contribution < 1.29 is 4.79 Å². The molecule has 0 radical (unpaired) electrons. The Morgan fingerprint density at radius 2 is 2.43 bits per heavy atom. The first-order valence-electron chi connectivity index (χ1n) is 4.19. The maximum Gasteiger partial charge on any atom is 0.270 e. The summed E-state index contributed by atoms with van der Waals surface area (Å²) in [6.45, 7) is 5.39. The van der Waals surface area contributed by atoms with Crippen molar-refractivity contribution in [2.45, 2.75) is 13.0 Å². The third kappa shape index (κ3) is 2.85. The number of hydrogen-bond acceptors (Lipinski definition) is 2. The van der Waals surface area contributed by atoms with Gasteiger partial charge < -0.3 is 5.32 Å². The maximum atomic E-state index is 11.5. The van der Waals surface area contributed by atoms with Gasteiger partial charge in [0.1, 0.15) is 10.8 Å². The zero-order chi connectivity index (χ0) is 10.6. The van der Waals surface area contributed by atoms with E-state index in [2.05, 4.69) is 16.9 Å². The second-order valence-corrected chi connectivity index (χ2v) is 3.23. The van der Waals surface area contributed by atoms with Gasteiger partial charge in [-0.2, -0.15) is 0 Å². The van der Waals surface area contributed by atoms with Gasteiger partial charge in [0.2, 0.25) is 0 Å². The van der Waals surface area contributed by atoms with Crippen LogP contribution >= 0.6 is 11.6 Å². The number of nitrogens with one attached hydrogen (secondary N) is 1. The molecule has 1 aromatic rings. The number of hydrogen-bond donors (Lipinski definition) is 1. The molecule has 0 spiro atoms. The lowest BCUT2D eigenvalue weighted by Gasteiger charge is -2.08. The molecule has 74 valence electrons. The number of halogens is 1. The highest BCUT2D eigenvalue weighted by Crippen LogP contribution is 2.05. The predicted molar refractivity (Wildman–Crippen MR) is 56.4 cm³/mol. The molecule has 1 N–H and O–H groups in total. The molecule has 0 bridgehead atoms. The molecule has 0 aliphatic carbocycles. The molecule has 1 aromatic heterocycles. The average Bonchev–Trinajstić information content (AvgIpc) is 2.17. The molecule has 0 aromatic carbocycles. The Balaban J connectivity index is 2.74. The highest BCUT2D eigenvalue weighted by Gasteiger charge is 2.08. The summed E-state index contributed by atoms with van der Waals surface area (Å²) in [5.41, 5.74) is 0.311. The second-order valence-electron chi connectivity index (χ2n) is 2.84. The molecule has 1 heterocycles. The minimum Gasteiger partial charge on any atom is -0.345 e. The molecule has 14 heavy (non-hydrogen) atoms. The van der Waals surface area contributed by atoms with E-state index in [4.69, 9.17) is 11.6 Å². The summed E-state index contributed by atoms with van der Waals surface area (Å²) in [6, 6.07) is 4.83. The van der Waals surface area contributed by atoms with Crippen molar-refractivity contribution in [2.24, 2.45) is 0 Å². The summed E-state index contributed by atoms with van der Waals surface area (Å²) in [6.07, 6.45) is 1.64. The van der Waals surface area contributed by atoms with Crippen molar-refractivity contribution in [2.75, 3.05) is 0 Å². The van der Waals surface area contributed by atoms with Crippen LogP contribution in [0.15, 0.2) is 30.9 Å². The summed E-state index contributed by atoms with van der Waals surface area (Å²) in [5.74, 6) is -0.250. The van der Waals surface area contributed by atoms with Crippen molar-refractivity contribution in [3.05, 3.63) is 41.7 Å². The summed E-state index contributed by atoms with van der Waals surface area (Å²) in [7, 11) is 0. The fourth-order valence-corrected chi connectivity index (χ4v) is 1.04. The van der Waals surface area contributed by atoms with Crippen molar-refractivity contribution in [1.29, 1.82) is 0 Å². The molecule has 4 heteroatoms. The summed E-state index contributed by atoms with van der Waals surface area (Å²) < 4.78 is 0. The van der Waals surface area contributed by atoms with Crippen LogP contribution in [-0.2, 0) is 0 Å². The highest BCUT2D eigenvalue weighted by molar-refractivity contribution is 6.29. The van der Waals surface area contributed by atoms with E-state index in [0.29, 0.717) is 10.8 Å². The van der Waals surface area contributed by atoms with Gasteiger partial charge in [-0.3, -0.25) is 4.79 Å². The normalized spacial score (nSPS) is 11.9. The summed E-state index contributed by atoms with van der Waals surface area (Å²) in [5, 5.41) is 3.00. The zero-order valence-electron chi connectivity index (χ0n) is 7.83. The molecule has 0 saturated heterocycles. The van der Waals surface area contributed by atoms with Gasteiger partial charge in [0.05, 0.1) is 0 Å². The Labute approximate surface area is 87.8 Å². The van der Waals surface area contributed by atoms with E-state index in [0.717, 1.165) is 0 Å². The van der Waals surface area contributed by atoms with Gasteiger partial charge in [-0.05, 0) is 19.1 Å². The molecule has 1 amide bonds. The fourth-order valence-electron chi connectivity index (χ4n) is 0.874. The van der Waals surface area contributed by atoms with Crippen LogP contribution in [-0.4, -0.2) is 16.9 Å². The monoisotopic (exact) mass is 210 g/mol. The Bertz CT molecular complexity index is 352. The highest BCUT2D eigenvalue weighted by atomic mass is 35.5. The first kappa shape index (κ1) is 10.7. The number of amides is 1. The number of nitrogens with zero attached hydrogens (tertiary/aromatic N) is 1. The largest absolute Gasteiger partial charge is 0.345 e. The number of carbonyl (C=O) groups excluding carboxylic acids is 1. The van der Waals surface area contributed by atoms with E-state index in [1.807, 2.05) is 6.92 Å². The van der Waals surface area contributed by atoms with Crippen LogP contribution in [0, 0.1) is 0 Å². The van der Waals surface area contributed by atoms with Crippen molar-refractivity contribution >= 4 is 17.5 Å². The number of pyridine rings is 1. The van der Waals surface area contributed by atoms with Gasteiger partial charge in [-0.1, -0.05) is 23.7 Å². The van der Waals surface area contributed by atoms with Crippen molar-refractivity contribution in [3.63, 3.8) is 0 Å². The van der Waals surface area contributed by atoms with Gasteiger partial charge in [0.15, 0.2) is 0 Å². The number of rotatable bonds is 3. The van der Waals surface area contributed by atoms with Gasteiger partial charge in [0.25, 0.3) is 5.91 Å². The lowest BCUT2D eigenvalue weighted by atomic mass is 10.3. The molecule has 0 fully saturated rings. The molecule has 0 aliphatic rings. The predicted octanol–water partition coefficient (Wildman–Crippen LogP) is 2.04. The molecule has 1 rings (SSSR count). The average molecular weight is 211 g/mol. The minimum absolute atomic E-state index is 0.0803. The van der Waals surface area contributed by atoms with E-state index in [1.165, 1.54) is 0 Å². The van der Waals surface area contributed by atoms with Gasteiger partial charge >= 0.3 is 0 Å². The molecule has 1 unspecified atom stereocenters. The molecular formula is C10H11ClN2O. The fraction of sp³-hybridized carbons (Fsp3) is 0.200. The van der Waals surface area contributed by atoms with Crippen LogP contribution in [0.3, 0.4) is 0 Å². The Morgan fingerprint density at radius 3 is 3.00 bits per heavy atom. The SMILES string of the molecule is C=CC(C)NC(=O)c1cccc(Cl)n1. The Hall–Kier alpha value is -1.35. The van der Waals surface area contributed by atoms with E-state index in [-0.39, 0.29) is 11.9 Å². The van der Waals surface area contributed by atoms with E-state index in [1.54, 1.807) is 24.3 Å². The maximum absolute atomic E-state index is 11.5. The van der Waals surface area contributed by atoms with Gasteiger partial charge in [0, 0.05) is 6.04 Å². The topological polar surface area (TPSA) is 42.0 Å². The summed E-state index contributed by atoms with van der Waals surface area (Å²) in [4.78, 5) is 15.4. The second kappa shape index (κ2) is 4.77. The van der Waals surface area contributed by atoms with Crippen molar-refractivity contribution in [1.82, 2.24) is 10.3 Å². The smallest absolute Gasteiger partial charge is 0.270 e. The molecule has 0 aliphatic heterocycles. The van der Waals surface area contributed by atoms with Gasteiger partial charge in [-0.15, -0.1) is 6.58 Å². The minimum atomic E-state index is -0.250. The number of carbonyl (C=O) groups is 1. The zero-order valence-corrected chi connectivity index (χ0v) is 8.58. The molecule has 1 atom stereocenters. The molecule has 3 nitrogen and oxygen atoms in total. The Kier molecular flexibility index (Phi) is 3.65. The number of aromatic nitrogens is 1. The first-order chi connectivity index (χ1) is 6.63. The lowest BCUT2D eigenvalue weighted by molar-refractivity contribution is 0.0942. The van der Waals surface area contributed by atoms with Crippen LogP contribution in [0.2, 0.25) is 5.15 Å². The van der Waals surface area contributed by atoms with Gasteiger partial charge in [-0.25, -0.2) is 4.98 Å². The quantitative estimate of drug-likeness (QED) is 0.613. The van der Waals surface area contributed by atoms with Crippen molar-refractivity contribution in [3.8, 4) is 0 Å². The summed E-state index contributed by atoms with van der Waals surface area (Å²) >= 11 is 5.65. The van der Waals surface area contributed by atoms with Crippen LogP contribution in [0.5, 0.6) is 0 Å².